The molecule has 0 saturated carbocycles. The van der Waals surface area contributed by atoms with Crippen LogP contribution in [0.15, 0.2) is 54.9 Å². The molecule has 0 aliphatic carbocycles. The van der Waals surface area contributed by atoms with Crippen LogP contribution in [0.5, 0.6) is 5.75 Å². The third-order valence-electron chi connectivity index (χ3n) is 3.02. The van der Waals surface area contributed by atoms with Crippen molar-refractivity contribution >= 4 is 35.2 Å². The Bertz CT molecular complexity index is 793. The van der Waals surface area contributed by atoms with E-state index in [-0.39, 0.29) is 5.11 Å². The molecule has 128 valence electrons. The SMILES string of the molecule is COc1ccccc1/C=C/C(=O)NC(=S)NNC(=O)c1ccncc1. The molecule has 0 fully saturated rings. The van der Waals surface area contributed by atoms with E-state index in [0.29, 0.717) is 11.3 Å². The summed E-state index contributed by atoms with van der Waals surface area (Å²) >= 11 is 4.95. The van der Waals surface area contributed by atoms with E-state index in [1.807, 2.05) is 18.2 Å². The maximum Gasteiger partial charge on any atom is 0.269 e. The molecule has 0 unspecified atom stereocenters. The molecule has 0 atom stereocenters. The molecular formula is C17H16N4O3S. The first kappa shape index (κ1) is 18.1. The highest BCUT2D eigenvalue weighted by atomic mass is 32.1. The summed E-state index contributed by atoms with van der Waals surface area (Å²) in [6, 6.07) is 10.4. The lowest BCUT2D eigenvalue weighted by atomic mass is 10.2. The number of thiocarbonyl (C=S) groups is 1. The van der Waals surface area contributed by atoms with Crippen molar-refractivity contribution in [2.24, 2.45) is 0 Å². The van der Waals surface area contributed by atoms with E-state index < -0.39 is 11.8 Å². The predicted octanol–water partition coefficient (Wildman–Crippen LogP) is 1.44. The number of benzene rings is 1. The smallest absolute Gasteiger partial charge is 0.269 e. The molecule has 1 aromatic carbocycles. The first-order chi connectivity index (χ1) is 12.1. The average molecular weight is 356 g/mol. The van der Waals surface area contributed by atoms with E-state index in [4.69, 9.17) is 17.0 Å². The van der Waals surface area contributed by atoms with Crippen LogP contribution in [-0.2, 0) is 4.79 Å². The number of rotatable bonds is 4. The van der Waals surface area contributed by atoms with E-state index in [0.717, 1.165) is 5.56 Å². The Hall–Kier alpha value is -3.26. The van der Waals surface area contributed by atoms with Crippen LogP contribution in [0.25, 0.3) is 6.08 Å². The van der Waals surface area contributed by atoms with Crippen molar-refractivity contribution < 1.29 is 14.3 Å². The summed E-state index contributed by atoms with van der Waals surface area (Å²) in [7, 11) is 1.55. The molecule has 0 spiro atoms. The van der Waals surface area contributed by atoms with Crippen molar-refractivity contribution in [1.29, 1.82) is 0 Å². The van der Waals surface area contributed by atoms with Crippen LogP contribution < -0.4 is 20.9 Å². The van der Waals surface area contributed by atoms with Crippen molar-refractivity contribution in [3.8, 4) is 5.75 Å². The Labute approximate surface area is 150 Å². The third kappa shape index (κ3) is 5.70. The summed E-state index contributed by atoms with van der Waals surface area (Å²) in [6.07, 6.45) is 5.91. The molecule has 2 rings (SSSR count). The highest BCUT2D eigenvalue weighted by Crippen LogP contribution is 2.18. The summed E-state index contributed by atoms with van der Waals surface area (Å²) in [5.41, 5.74) is 6.00. The lowest BCUT2D eigenvalue weighted by Crippen LogP contribution is -2.48. The molecule has 2 amide bonds. The van der Waals surface area contributed by atoms with Gasteiger partial charge in [-0.05, 0) is 36.5 Å². The van der Waals surface area contributed by atoms with Gasteiger partial charge in [-0.3, -0.25) is 30.7 Å². The van der Waals surface area contributed by atoms with Gasteiger partial charge in [0.05, 0.1) is 7.11 Å². The van der Waals surface area contributed by atoms with E-state index in [1.54, 1.807) is 31.4 Å². The second-order valence-corrected chi connectivity index (χ2v) is 5.12. The molecule has 0 aliphatic rings. The predicted molar refractivity (Wildman–Crippen MR) is 97.6 cm³/mol. The number of hydrogen-bond acceptors (Lipinski definition) is 5. The largest absolute Gasteiger partial charge is 0.496 e. The summed E-state index contributed by atoms with van der Waals surface area (Å²) < 4.78 is 5.19. The zero-order valence-electron chi connectivity index (χ0n) is 13.4. The number of aromatic nitrogens is 1. The van der Waals surface area contributed by atoms with E-state index in [1.165, 1.54) is 18.5 Å². The Morgan fingerprint density at radius 2 is 1.84 bits per heavy atom. The minimum atomic E-state index is -0.443. The average Bonchev–Trinajstić information content (AvgIpc) is 2.65. The van der Waals surface area contributed by atoms with Gasteiger partial charge in [0.2, 0.25) is 5.91 Å². The lowest BCUT2D eigenvalue weighted by Gasteiger charge is -2.09. The zero-order valence-corrected chi connectivity index (χ0v) is 14.2. The molecule has 7 nitrogen and oxygen atoms in total. The van der Waals surface area contributed by atoms with Gasteiger partial charge in [0.15, 0.2) is 5.11 Å². The molecule has 0 radical (unpaired) electrons. The molecule has 0 saturated heterocycles. The number of carbonyl (C=O) groups is 2. The molecule has 0 aliphatic heterocycles. The van der Waals surface area contributed by atoms with Gasteiger partial charge < -0.3 is 4.74 Å². The van der Waals surface area contributed by atoms with E-state index in [2.05, 4.69) is 21.2 Å². The quantitative estimate of drug-likeness (QED) is 0.436. The van der Waals surface area contributed by atoms with Crippen LogP contribution in [0.4, 0.5) is 0 Å². The fraction of sp³-hybridized carbons (Fsp3) is 0.0588. The number of nitrogens with one attached hydrogen (secondary N) is 3. The van der Waals surface area contributed by atoms with Crippen molar-refractivity contribution in [1.82, 2.24) is 21.2 Å². The van der Waals surface area contributed by atoms with Gasteiger partial charge in [0, 0.05) is 29.6 Å². The number of hydrogen-bond donors (Lipinski definition) is 3. The van der Waals surface area contributed by atoms with Crippen LogP contribution in [0.2, 0.25) is 0 Å². The second kappa shape index (κ2) is 9.14. The first-order valence-electron chi connectivity index (χ1n) is 7.22. The van der Waals surface area contributed by atoms with Gasteiger partial charge >= 0.3 is 0 Å². The van der Waals surface area contributed by atoms with E-state index in [9.17, 15) is 9.59 Å². The normalized spacial score (nSPS) is 10.1. The summed E-state index contributed by atoms with van der Waals surface area (Å²) in [6.45, 7) is 0. The topological polar surface area (TPSA) is 92.4 Å². The van der Waals surface area contributed by atoms with Gasteiger partial charge in [-0.15, -0.1) is 0 Å². The Morgan fingerprint density at radius 3 is 2.56 bits per heavy atom. The monoisotopic (exact) mass is 356 g/mol. The fourth-order valence-corrected chi connectivity index (χ4v) is 2.00. The highest BCUT2D eigenvalue weighted by Gasteiger charge is 2.06. The number of hydrazine groups is 1. The maximum atomic E-state index is 11.9. The number of carbonyl (C=O) groups excluding carboxylic acids is 2. The van der Waals surface area contributed by atoms with Crippen LogP contribution in [0, 0.1) is 0 Å². The molecule has 8 heteroatoms. The lowest BCUT2D eigenvalue weighted by molar-refractivity contribution is -0.115. The van der Waals surface area contributed by atoms with Crippen molar-refractivity contribution in [3.05, 3.63) is 66.0 Å². The number of nitrogens with zero attached hydrogens (tertiary/aromatic N) is 1. The number of methoxy groups -OCH3 is 1. The van der Waals surface area contributed by atoms with Crippen LogP contribution in [0.3, 0.4) is 0 Å². The molecular weight excluding hydrogens is 340 g/mol. The first-order valence-corrected chi connectivity index (χ1v) is 7.63. The molecule has 2 aromatic rings. The Morgan fingerprint density at radius 1 is 1.12 bits per heavy atom. The summed E-state index contributed by atoms with van der Waals surface area (Å²) in [4.78, 5) is 27.5. The summed E-state index contributed by atoms with van der Waals surface area (Å²) in [5, 5.41) is 2.39. The number of amides is 2. The van der Waals surface area contributed by atoms with Crippen LogP contribution in [0.1, 0.15) is 15.9 Å². The fourth-order valence-electron chi connectivity index (χ4n) is 1.84. The standard InChI is InChI=1S/C17H16N4O3S/c1-24-14-5-3-2-4-12(14)6-7-15(22)19-17(25)21-20-16(23)13-8-10-18-11-9-13/h2-11H,1H3,(H,20,23)(H2,19,21,22,25)/b7-6+. The summed E-state index contributed by atoms with van der Waals surface area (Å²) in [5.74, 6) is -0.193. The molecule has 3 N–H and O–H groups in total. The molecule has 1 heterocycles. The minimum absolute atomic E-state index is 0.0305. The van der Waals surface area contributed by atoms with Crippen molar-refractivity contribution in [2.45, 2.75) is 0 Å². The molecule has 25 heavy (non-hydrogen) atoms. The van der Waals surface area contributed by atoms with Crippen molar-refractivity contribution in [3.63, 3.8) is 0 Å². The molecule has 1 aromatic heterocycles. The third-order valence-corrected chi connectivity index (χ3v) is 3.23. The number of para-hydroxylation sites is 1. The maximum absolute atomic E-state index is 11.9. The second-order valence-electron chi connectivity index (χ2n) is 4.71. The Balaban J connectivity index is 1.83. The van der Waals surface area contributed by atoms with Gasteiger partial charge in [-0.2, -0.15) is 0 Å². The van der Waals surface area contributed by atoms with Gasteiger partial charge in [0.1, 0.15) is 5.75 Å². The van der Waals surface area contributed by atoms with E-state index >= 15 is 0 Å². The molecule has 0 bridgehead atoms. The van der Waals surface area contributed by atoms with Crippen molar-refractivity contribution in [2.75, 3.05) is 7.11 Å². The van der Waals surface area contributed by atoms with Gasteiger partial charge in [0.25, 0.3) is 5.91 Å². The highest BCUT2D eigenvalue weighted by molar-refractivity contribution is 7.80. The van der Waals surface area contributed by atoms with Crippen LogP contribution in [-0.4, -0.2) is 29.0 Å². The van der Waals surface area contributed by atoms with Gasteiger partial charge in [-0.25, -0.2) is 0 Å². The zero-order chi connectivity index (χ0) is 18.1. The number of ether oxygens (including phenoxy) is 1. The minimum Gasteiger partial charge on any atom is -0.496 e. The van der Waals surface area contributed by atoms with Gasteiger partial charge in [-0.1, -0.05) is 18.2 Å². The Kier molecular flexibility index (Phi) is 6.61. The van der Waals surface area contributed by atoms with Crippen LogP contribution >= 0.6 is 12.2 Å². The number of pyridine rings is 1.